The van der Waals surface area contributed by atoms with E-state index >= 15 is 0 Å². The summed E-state index contributed by atoms with van der Waals surface area (Å²) < 4.78 is 10.7. The second kappa shape index (κ2) is 8.36. The normalized spacial score (nSPS) is 15.6. The van der Waals surface area contributed by atoms with Crippen molar-refractivity contribution in [2.75, 3.05) is 19.7 Å². The number of benzene rings is 1. The lowest BCUT2D eigenvalue weighted by Crippen LogP contribution is -2.29. The smallest absolute Gasteiger partial charge is 0.305 e. The van der Waals surface area contributed by atoms with Crippen LogP contribution in [0, 0.1) is 0 Å². The zero-order chi connectivity index (χ0) is 15.9. The van der Waals surface area contributed by atoms with Crippen molar-refractivity contribution in [2.24, 2.45) is 5.73 Å². The SMILES string of the molecule is CCOC(=O)CCC(N)Oc1c(Cl)ccc2c1CCNCC2. The van der Waals surface area contributed by atoms with Crippen molar-refractivity contribution in [1.29, 1.82) is 0 Å². The van der Waals surface area contributed by atoms with Gasteiger partial charge in [-0.15, -0.1) is 0 Å². The number of hydrogen-bond acceptors (Lipinski definition) is 5. The highest BCUT2D eigenvalue weighted by Gasteiger charge is 2.18. The van der Waals surface area contributed by atoms with Gasteiger partial charge in [0.25, 0.3) is 0 Å². The number of halogens is 1. The molecule has 0 radical (unpaired) electrons. The first-order valence-corrected chi connectivity index (χ1v) is 8.08. The van der Waals surface area contributed by atoms with Gasteiger partial charge in [-0.1, -0.05) is 17.7 Å². The Morgan fingerprint density at radius 1 is 1.41 bits per heavy atom. The van der Waals surface area contributed by atoms with Crippen LogP contribution in [0.15, 0.2) is 12.1 Å². The molecule has 0 aromatic heterocycles. The van der Waals surface area contributed by atoms with Gasteiger partial charge in [0.05, 0.1) is 18.1 Å². The third-order valence-corrected chi connectivity index (χ3v) is 3.94. The molecular formula is C16H23ClN2O3. The van der Waals surface area contributed by atoms with Crippen LogP contribution in [0.25, 0.3) is 0 Å². The van der Waals surface area contributed by atoms with E-state index in [0.29, 0.717) is 23.8 Å². The van der Waals surface area contributed by atoms with E-state index in [4.69, 9.17) is 26.8 Å². The Morgan fingerprint density at radius 2 is 2.18 bits per heavy atom. The summed E-state index contributed by atoms with van der Waals surface area (Å²) in [5.74, 6) is 0.392. The molecule has 122 valence electrons. The molecule has 22 heavy (non-hydrogen) atoms. The van der Waals surface area contributed by atoms with Crippen molar-refractivity contribution in [3.63, 3.8) is 0 Å². The van der Waals surface area contributed by atoms with Crippen LogP contribution in [-0.2, 0) is 22.4 Å². The molecule has 1 atom stereocenters. The van der Waals surface area contributed by atoms with Crippen molar-refractivity contribution in [3.05, 3.63) is 28.3 Å². The Hall–Kier alpha value is -1.30. The van der Waals surface area contributed by atoms with Crippen LogP contribution >= 0.6 is 11.6 Å². The van der Waals surface area contributed by atoms with Crippen LogP contribution in [0.2, 0.25) is 5.02 Å². The average Bonchev–Trinajstić information content (AvgIpc) is 2.74. The second-order valence-corrected chi connectivity index (χ2v) is 5.67. The molecule has 0 bridgehead atoms. The Bertz CT molecular complexity index is 522. The summed E-state index contributed by atoms with van der Waals surface area (Å²) in [6.07, 6.45) is 1.86. The predicted molar refractivity (Wildman–Crippen MR) is 86.2 cm³/mol. The van der Waals surface area contributed by atoms with Crippen LogP contribution < -0.4 is 15.8 Å². The monoisotopic (exact) mass is 326 g/mol. The van der Waals surface area contributed by atoms with Crippen molar-refractivity contribution in [2.45, 2.75) is 38.8 Å². The molecule has 5 nitrogen and oxygen atoms in total. The minimum absolute atomic E-state index is 0.239. The summed E-state index contributed by atoms with van der Waals surface area (Å²) in [4.78, 5) is 11.4. The Kier molecular flexibility index (Phi) is 6.49. The molecule has 6 heteroatoms. The van der Waals surface area contributed by atoms with Gasteiger partial charge in [-0.05, 0) is 44.5 Å². The second-order valence-electron chi connectivity index (χ2n) is 5.26. The molecule has 0 saturated heterocycles. The number of carbonyl (C=O) groups excluding carboxylic acids is 1. The lowest BCUT2D eigenvalue weighted by atomic mass is 10.0. The molecule has 1 heterocycles. The molecule has 2 rings (SSSR count). The van der Waals surface area contributed by atoms with Crippen LogP contribution in [0.1, 0.15) is 30.9 Å². The van der Waals surface area contributed by atoms with Gasteiger partial charge in [0.15, 0.2) is 0 Å². The highest BCUT2D eigenvalue weighted by Crippen LogP contribution is 2.33. The number of nitrogens with two attached hydrogens (primary N) is 1. The lowest BCUT2D eigenvalue weighted by molar-refractivity contribution is -0.143. The van der Waals surface area contributed by atoms with Crippen molar-refractivity contribution in [1.82, 2.24) is 5.32 Å². The minimum Gasteiger partial charge on any atom is -0.474 e. The molecule has 1 aliphatic rings. The van der Waals surface area contributed by atoms with Crippen LogP contribution in [-0.4, -0.2) is 31.9 Å². The average molecular weight is 327 g/mol. The Morgan fingerprint density at radius 3 is 2.95 bits per heavy atom. The van der Waals surface area contributed by atoms with E-state index in [2.05, 4.69) is 5.32 Å². The van der Waals surface area contributed by atoms with Gasteiger partial charge in [-0.25, -0.2) is 0 Å². The minimum atomic E-state index is -0.579. The summed E-state index contributed by atoms with van der Waals surface area (Å²) in [6.45, 7) is 3.99. The maximum Gasteiger partial charge on any atom is 0.305 e. The van der Waals surface area contributed by atoms with Gasteiger partial charge in [-0.2, -0.15) is 0 Å². The standard InChI is InChI=1S/C16H23ClN2O3/c1-2-21-15(20)6-5-14(18)22-16-12-8-10-19-9-7-11(12)3-4-13(16)17/h3-4,14,19H,2,5-10,18H2,1H3. The summed E-state index contributed by atoms with van der Waals surface area (Å²) in [6, 6.07) is 3.89. The number of esters is 1. The maximum atomic E-state index is 11.4. The van der Waals surface area contributed by atoms with Crippen molar-refractivity contribution < 1.29 is 14.3 Å². The molecule has 1 aromatic rings. The molecule has 1 unspecified atom stereocenters. The first kappa shape index (κ1) is 17.1. The molecule has 0 amide bonds. The fourth-order valence-electron chi connectivity index (χ4n) is 2.54. The third-order valence-electron chi connectivity index (χ3n) is 3.64. The summed E-state index contributed by atoms with van der Waals surface area (Å²) >= 11 is 6.28. The van der Waals surface area contributed by atoms with E-state index in [0.717, 1.165) is 31.5 Å². The van der Waals surface area contributed by atoms with Crippen LogP contribution in [0.4, 0.5) is 0 Å². The summed E-state index contributed by atoms with van der Waals surface area (Å²) in [5.41, 5.74) is 8.34. The first-order chi connectivity index (χ1) is 10.6. The summed E-state index contributed by atoms with van der Waals surface area (Å²) in [7, 11) is 0. The largest absolute Gasteiger partial charge is 0.474 e. The topological polar surface area (TPSA) is 73.6 Å². The molecular weight excluding hydrogens is 304 g/mol. The van der Waals surface area contributed by atoms with Crippen LogP contribution in [0.3, 0.4) is 0 Å². The molecule has 0 saturated carbocycles. The number of nitrogens with one attached hydrogen (secondary N) is 1. The molecule has 0 spiro atoms. The van der Waals surface area contributed by atoms with E-state index in [9.17, 15) is 4.79 Å². The fourth-order valence-corrected chi connectivity index (χ4v) is 2.76. The highest BCUT2D eigenvalue weighted by molar-refractivity contribution is 6.32. The predicted octanol–water partition coefficient (Wildman–Crippen LogP) is 2.04. The van der Waals surface area contributed by atoms with Crippen molar-refractivity contribution in [3.8, 4) is 5.75 Å². The van der Waals surface area contributed by atoms with Gasteiger partial charge in [0, 0.05) is 12.0 Å². The van der Waals surface area contributed by atoms with Crippen LogP contribution in [0.5, 0.6) is 5.75 Å². The molecule has 1 aliphatic heterocycles. The molecule has 3 N–H and O–H groups in total. The Balaban J connectivity index is 2.04. The third kappa shape index (κ3) is 4.60. The zero-order valence-corrected chi connectivity index (χ0v) is 13.6. The van der Waals surface area contributed by atoms with Gasteiger partial charge in [-0.3, -0.25) is 10.5 Å². The first-order valence-electron chi connectivity index (χ1n) is 7.70. The van der Waals surface area contributed by atoms with E-state index < -0.39 is 6.23 Å². The van der Waals surface area contributed by atoms with E-state index in [1.807, 2.05) is 12.1 Å². The van der Waals surface area contributed by atoms with Crippen molar-refractivity contribution >= 4 is 17.6 Å². The zero-order valence-electron chi connectivity index (χ0n) is 12.9. The van der Waals surface area contributed by atoms with E-state index in [1.54, 1.807) is 6.92 Å². The quantitative estimate of drug-likeness (QED) is 0.618. The number of ether oxygens (including phenoxy) is 2. The molecule has 1 aromatic carbocycles. The molecule has 0 fully saturated rings. The van der Waals surface area contributed by atoms with E-state index in [1.165, 1.54) is 5.56 Å². The fraction of sp³-hybridized carbons (Fsp3) is 0.562. The maximum absolute atomic E-state index is 11.4. The van der Waals surface area contributed by atoms with E-state index in [-0.39, 0.29) is 12.4 Å². The number of fused-ring (bicyclic) bond motifs is 1. The number of carbonyl (C=O) groups is 1. The highest BCUT2D eigenvalue weighted by atomic mass is 35.5. The molecule has 0 aliphatic carbocycles. The number of hydrogen-bond donors (Lipinski definition) is 2. The lowest BCUT2D eigenvalue weighted by Gasteiger charge is -2.19. The van der Waals surface area contributed by atoms with Gasteiger partial charge in [0.2, 0.25) is 0 Å². The summed E-state index contributed by atoms with van der Waals surface area (Å²) in [5, 5.41) is 3.92. The van der Waals surface area contributed by atoms with Gasteiger partial charge in [0.1, 0.15) is 12.0 Å². The number of rotatable bonds is 6. The van der Waals surface area contributed by atoms with Gasteiger partial charge < -0.3 is 14.8 Å². The van der Waals surface area contributed by atoms with Gasteiger partial charge >= 0.3 is 5.97 Å². The Labute approximate surface area is 136 Å².